The van der Waals surface area contributed by atoms with Gasteiger partial charge in [-0.1, -0.05) is 25.4 Å². The summed E-state index contributed by atoms with van der Waals surface area (Å²) in [4.78, 5) is 12.8. The predicted molar refractivity (Wildman–Crippen MR) is 104 cm³/mol. The molecule has 0 saturated carbocycles. The third-order valence-electron chi connectivity index (χ3n) is 3.80. The number of carbonyl (C=O) groups excluding carboxylic acids is 1. The summed E-state index contributed by atoms with van der Waals surface area (Å²) in [5, 5.41) is 5.40. The van der Waals surface area contributed by atoms with Gasteiger partial charge in [0, 0.05) is 29.4 Å². The molecule has 0 saturated heterocycles. The molecule has 25 heavy (non-hydrogen) atoms. The fourth-order valence-corrected chi connectivity index (χ4v) is 3.37. The molecule has 3 rings (SSSR count). The van der Waals surface area contributed by atoms with Crippen LogP contribution in [0.5, 0.6) is 0 Å². The van der Waals surface area contributed by atoms with Gasteiger partial charge in [0.05, 0.1) is 15.1 Å². The second-order valence-corrected chi connectivity index (χ2v) is 6.41. The van der Waals surface area contributed by atoms with Crippen molar-refractivity contribution in [3.63, 3.8) is 0 Å². The molecule has 2 N–H and O–H groups in total. The van der Waals surface area contributed by atoms with Crippen LogP contribution in [0, 0.1) is 12.7 Å². The largest absolute Gasteiger partial charge is 0.398 e. The summed E-state index contributed by atoms with van der Waals surface area (Å²) in [6.07, 6.45) is 0. The van der Waals surface area contributed by atoms with Crippen LogP contribution in [0.15, 0.2) is 28.7 Å². The maximum Gasteiger partial charge on any atom is 0.197 e. The van der Waals surface area contributed by atoms with Gasteiger partial charge in [0.25, 0.3) is 0 Å². The van der Waals surface area contributed by atoms with Gasteiger partial charge in [-0.15, -0.1) is 0 Å². The third kappa shape index (κ3) is 3.41. The number of nitrogens with two attached hydrogens (primary N) is 1. The molecule has 0 bridgehead atoms. The Labute approximate surface area is 158 Å². The van der Waals surface area contributed by atoms with Gasteiger partial charge >= 0.3 is 0 Å². The van der Waals surface area contributed by atoms with Crippen molar-refractivity contribution < 1.29 is 9.18 Å². The smallest absolute Gasteiger partial charge is 0.197 e. The van der Waals surface area contributed by atoms with E-state index in [1.165, 1.54) is 12.1 Å². The van der Waals surface area contributed by atoms with Gasteiger partial charge in [0.2, 0.25) is 0 Å². The molecule has 0 unspecified atom stereocenters. The molecule has 0 atom stereocenters. The zero-order valence-corrected chi connectivity index (χ0v) is 16.7. The van der Waals surface area contributed by atoms with Crippen molar-refractivity contribution >= 4 is 49.9 Å². The van der Waals surface area contributed by atoms with Crippen molar-refractivity contribution in [2.45, 2.75) is 20.8 Å². The third-order valence-corrected chi connectivity index (χ3v) is 4.90. The quantitative estimate of drug-likeness (QED) is 0.448. The SMILES string of the molecule is CC.Cc1c2cc(N)c(C(=O)c3cc(F)ccc3Cl)c(Br)c2nn1C. The lowest BCUT2D eigenvalue weighted by Gasteiger charge is -2.10. The molecule has 0 aliphatic rings. The number of aryl methyl sites for hydroxylation is 2. The minimum Gasteiger partial charge on any atom is -0.398 e. The maximum absolute atomic E-state index is 13.5. The van der Waals surface area contributed by atoms with Crippen LogP contribution in [0.4, 0.5) is 10.1 Å². The molecule has 1 aromatic heterocycles. The Morgan fingerprint density at radius 2 is 1.96 bits per heavy atom. The van der Waals surface area contributed by atoms with Crippen LogP contribution in [-0.2, 0) is 7.05 Å². The summed E-state index contributed by atoms with van der Waals surface area (Å²) in [6.45, 7) is 5.91. The lowest BCUT2D eigenvalue weighted by molar-refractivity contribution is 0.103. The predicted octanol–water partition coefficient (Wildman–Crippen LogP) is 5.28. The maximum atomic E-state index is 13.5. The number of halogens is 3. The summed E-state index contributed by atoms with van der Waals surface area (Å²) < 4.78 is 15.6. The summed E-state index contributed by atoms with van der Waals surface area (Å²) in [6, 6.07) is 5.34. The second kappa shape index (κ2) is 7.54. The zero-order chi connectivity index (χ0) is 18.9. The number of rotatable bonds is 2. The van der Waals surface area contributed by atoms with Crippen molar-refractivity contribution in [1.82, 2.24) is 9.78 Å². The fraction of sp³-hybridized carbons (Fsp3) is 0.222. The van der Waals surface area contributed by atoms with E-state index in [0.29, 0.717) is 9.99 Å². The molecule has 0 fully saturated rings. The van der Waals surface area contributed by atoms with Crippen LogP contribution in [-0.4, -0.2) is 15.6 Å². The van der Waals surface area contributed by atoms with Crippen LogP contribution in [0.2, 0.25) is 5.02 Å². The first-order chi connectivity index (χ1) is 11.8. The molecule has 1 heterocycles. The van der Waals surface area contributed by atoms with Gasteiger partial charge in [-0.2, -0.15) is 5.10 Å². The Hall–Kier alpha value is -1.92. The molecule has 0 amide bonds. The van der Waals surface area contributed by atoms with Crippen LogP contribution < -0.4 is 5.73 Å². The molecule has 3 aromatic rings. The number of nitrogens with zero attached hydrogens (tertiary/aromatic N) is 2. The van der Waals surface area contributed by atoms with Crippen LogP contribution in [0.25, 0.3) is 10.9 Å². The first-order valence-corrected chi connectivity index (χ1v) is 8.89. The molecule has 2 aromatic carbocycles. The number of aromatic nitrogens is 2. The highest BCUT2D eigenvalue weighted by molar-refractivity contribution is 9.10. The van der Waals surface area contributed by atoms with Gasteiger partial charge in [0.15, 0.2) is 5.78 Å². The first-order valence-electron chi connectivity index (χ1n) is 7.72. The second-order valence-electron chi connectivity index (χ2n) is 5.21. The van der Waals surface area contributed by atoms with Gasteiger partial charge in [0.1, 0.15) is 11.3 Å². The number of carbonyl (C=O) groups is 1. The zero-order valence-electron chi connectivity index (χ0n) is 14.3. The molecular formula is C18H18BrClFN3O. The Kier molecular flexibility index (Phi) is 5.85. The summed E-state index contributed by atoms with van der Waals surface area (Å²) >= 11 is 9.44. The Morgan fingerprint density at radius 3 is 2.60 bits per heavy atom. The average Bonchev–Trinajstić information content (AvgIpc) is 2.87. The molecule has 4 nitrogen and oxygen atoms in total. The topological polar surface area (TPSA) is 60.9 Å². The Morgan fingerprint density at radius 1 is 1.32 bits per heavy atom. The highest BCUT2D eigenvalue weighted by Crippen LogP contribution is 2.35. The fourth-order valence-electron chi connectivity index (χ4n) is 2.47. The lowest BCUT2D eigenvalue weighted by atomic mass is 9.99. The Balaban J connectivity index is 0.00000109. The van der Waals surface area contributed by atoms with E-state index in [9.17, 15) is 9.18 Å². The van der Waals surface area contributed by atoms with Gasteiger partial charge < -0.3 is 5.73 Å². The standard InChI is InChI=1S/C16H12BrClFN3O.C2H6/c1-7-9-6-12(20)13(14(17)15(9)21-22(7)2)16(23)10-5-8(19)3-4-11(10)18;1-2/h3-6H,20H2,1-2H3;1-2H3. The summed E-state index contributed by atoms with van der Waals surface area (Å²) in [5.41, 5.74) is 8.18. The number of hydrogen-bond donors (Lipinski definition) is 1. The lowest BCUT2D eigenvalue weighted by Crippen LogP contribution is -2.08. The summed E-state index contributed by atoms with van der Waals surface area (Å²) in [5.74, 6) is -0.994. The number of hydrogen-bond acceptors (Lipinski definition) is 3. The van der Waals surface area contributed by atoms with E-state index < -0.39 is 11.6 Å². The van der Waals surface area contributed by atoms with E-state index in [4.69, 9.17) is 17.3 Å². The van der Waals surface area contributed by atoms with E-state index in [-0.39, 0.29) is 21.8 Å². The first kappa shape index (κ1) is 19.4. The minimum atomic E-state index is -0.540. The number of anilines is 1. The van der Waals surface area contributed by atoms with Gasteiger partial charge in [-0.05, 0) is 47.1 Å². The minimum absolute atomic E-state index is 0.0612. The van der Waals surface area contributed by atoms with Crippen molar-refractivity contribution in [3.05, 3.63) is 56.4 Å². The molecule has 0 aliphatic carbocycles. The van der Waals surface area contributed by atoms with Crippen molar-refractivity contribution in [3.8, 4) is 0 Å². The molecule has 0 radical (unpaired) electrons. The molecule has 0 spiro atoms. The normalized spacial score (nSPS) is 10.5. The summed E-state index contributed by atoms with van der Waals surface area (Å²) in [7, 11) is 1.81. The molecule has 0 aliphatic heterocycles. The van der Waals surface area contributed by atoms with Crippen LogP contribution in [0.1, 0.15) is 35.5 Å². The van der Waals surface area contributed by atoms with E-state index in [0.717, 1.165) is 17.1 Å². The average molecular weight is 427 g/mol. The van der Waals surface area contributed by atoms with Crippen LogP contribution >= 0.6 is 27.5 Å². The monoisotopic (exact) mass is 425 g/mol. The molecule has 132 valence electrons. The highest BCUT2D eigenvalue weighted by Gasteiger charge is 2.23. The number of nitrogen functional groups attached to an aromatic ring is 1. The molecular weight excluding hydrogens is 409 g/mol. The molecule has 7 heteroatoms. The van der Waals surface area contributed by atoms with Gasteiger partial charge in [-0.25, -0.2) is 4.39 Å². The van der Waals surface area contributed by atoms with Crippen molar-refractivity contribution in [2.24, 2.45) is 7.05 Å². The van der Waals surface area contributed by atoms with Gasteiger partial charge in [-0.3, -0.25) is 9.48 Å². The number of benzene rings is 2. The number of ketones is 1. The van der Waals surface area contributed by atoms with E-state index >= 15 is 0 Å². The van der Waals surface area contributed by atoms with E-state index in [1.54, 1.807) is 10.7 Å². The number of fused-ring (bicyclic) bond motifs is 1. The van der Waals surface area contributed by atoms with Crippen molar-refractivity contribution in [1.29, 1.82) is 0 Å². The van der Waals surface area contributed by atoms with Crippen LogP contribution in [0.3, 0.4) is 0 Å². The van der Waals surface area contributed by atoms with E-state index in [2.05, 4.69) is 21.0 Å². The van der Waals surface area contributed by atoms with Crippen molar-refractivity contribution in [2.75, 3.05) is 5.73 Å². The van der Waals surface area contributed by atoms with E-state index in [1.807, 2.05) is 27.8 Å². The highest BCUT2D eigenvalue weighted by atomic mass is 79.9. The Bertz CT molecular complexity index is 969.